The van der Waals surface area contributed by atoms with E-state index in [4.69, 9.17) is 9.84 Å². The van der Waals surface area contributed by atoms with Crippen molar-refractivity contribution < 1.29 is 19.4 Å². The second kappa shape index (κ2) is 6.23. The van der Waals surface area contributed by atoms with Crippen molar-refractivity contribution in [1.29, 1.82) is 0 Å². The highest BCUT2D eigenvalue weighted by Gasteiger charge is 2.30. The smallest absolute Gasteiger partial charge is 0.315 e. The molecule has 0 spiro atoms. The molecule has 19 heavy (non-hydrogen) atoms. The van der Waals surface area contributed by atoms with Crippen LogP contribution in [-0.4, -0.2) is 41.4 Å². The summed E-state index contributed by atoms with van der Waals surface area (Å²) in [5, 5.41) is 14.2. The number of carbonyl (C=O) groups excluding carboxylic acids is 1. The zero-order chi connectivity index (χ0) is 14.5. The van der Waals surface area contributed by atoms with Crippen LogP contribution in [0.1, 0.15) is 46.5 Å². The molecule has 1 aliphatic heterocycles. The van der Waals surface area contributed by atoms with Gasteiger partial charge >= 0.3 is 12.0 Å². The maximum atomic E-state index is 11.8. The van der Waals surface area contributed by atoms with Gasteiger partial charge in [-0.05, 0) is 40.0 Å². The number of rotatable bonds is 6. The second-order valence-electron chi connectivity index (χ2n) is 5.99. The summed E-state index contributed by atoms with van der Waals surface area (Å²) in [6.07, 6.45) is 2.39. The Bertz CT molecular complexity index is 336. The largest absolute Gasteiger partial charge is 0.481 e. The third-order valence-corrected chi connectivity index (χ3v) is 3.34. The molecule has 6 nitrogen and oxygen atoms in total. The van der Waals surface area contributed by atoms with E-state index in [0.717, 1.165) is 19.4 Å². The van der Waals surface area contributed by atoms with E-state index >= 15 is 0 Å². The molecule has 0 aliphatic carbocycles. The van der Waals surface area contributed by atoms with E-state index in [9.17, 15) is 9.59 Å². The molecule has 1 aliphatic rings. The van der Waals surface area contributed by atoms with Crippen LogP contribution in [0.2, 0.25) is 0 Å². The van der Waals surface area contributed by atoms with Gasteiger partial charge in [0.2, 0.25) is 0 Å². The molecule has 0 aromatic carbocycles. The number of carbonyl (C=O) groups is 2. The molecule has 1 rings (SSSR count). The highest BCUT2D eigenvalue weighted by molar-refractivity contribution is 5.75. The van der Waals surface area contributed by atoms with Crippen molar-refractivity contribution in [2.75, 3.05) is 13.2 Å². The SMILES string of the molecule is CC(C)(CCC(=O)O)NC(=O)NCC1(C)CCCO1. The molecule has 0 aromatic rings. The Hall–Kier alpha value is -1.30. The van der Waals surface area contributed by atoms with Crippen molar-refractivity contribution in [3.8, 4) is 0 Å². The first kappa shape index (κ1) is 15.8. The van der Waals surface area contributed by atoms with E-state index in [2.05, 4.69) is 10.6 Å². The lowest BCUT2D eigenvalue weighted by Crippen LogP contribution is -2.51. The van der Waals surface area contributed by atoms with Crippen LogP contribution >= 0.6 is 0 Å². The fraction of sp³-hybridized carbons (Fsp3) is 0.846. The van der Waals surface area contributed by atoms with Crippen LogP contribution in [0.3, 0.4) is 0 Å². The molecule has 2 amide bonds. The average molecular weight is 272 g/mol. The number of amides is 2. The van der Waals surface area contributed by atoms with Crippen molar-refractivity contribution >= 4 is 12.0 Å². The summed E-state index contributed by atoms with van der Waals surface area (Å²) in [5.41, 5.74) is -0.817. The van der Waals surface area contributed by atoms with Crippen LogP contribution in [0.5, 0.6) is 0 Å². The molecule has 110 valence electrons. The van der Waals surface area contributed by atoms with Gasteiger partial charge in [-0.1, -0.05) is 0 Å². The minimum atomic E-state index is -0.859. The summed E-state index contributed by atoms with van der Waals surface area (Å²) in [7, 11) is 0. The van der Waals surface area contributed by atoms with E-state index in [1.165, 1.54) is 0 Å². The zero-order valence-corrected chi connectivity index (χ0v) is 11.9. The molecule has 1 heterocycles. The number of carboxylic acid groups (broad SMARTS) is 1. The number of ether oxygens (including phenoxy) is 1. The van der Waals surface area contributed by atoms with E-state index in [1.54, 1.807) is 0 Å². The Balaban J connectivity index is 2.31. The van der Waals surface area contributed by atoms with Crippen LogP contribution in [0, 0.1) is 0 Å². The number of hydrogen-bond donors (Lipinski definition) is 3. The summed E-state index contributed by atoms with van der Waals surface area (Å²) in [6, 6.07) is -0.285. The molecule has 3 N–H and O–H groups in total. The topological polar surface area (TPSA) is 87.7 Å². The molecule has 6 heteroatoms. The monoisotopic (exact) mass is 272 g/mol. The Labute approximate surface area is 113 Å². The van der Waals surface area contributed by atoms with E-state index in [0.29, 0.717) is 13.0 Å². The quantitative estimate of drug-likeness (QED) is 0.683. The molecule has 1 unspecified atom stereocenters. The Kier molecular flexibility index (Phi) is 5.17. The fourth-order valence-electron chi connectivity index (χ4n) is 2.08. The number of urea groups is 1. The lowest BCUT2D eigenvalue weighted by atomic mass is 9.98. The first-order valence-corrected chi connectivity index (χ1v) is 6.64. The molecule has 0 aromatic heterocycles. The van der Waals surface area contributed by atoms with E-state index in [-0.39, 0.29) is 18.1 Å². The maximum Gasteiger partial charge on any atom is 0.315 e. The standard InChI is InChI=1S/C13H24N2O4/c1-12(2,7-5-10(16)17)15-11(18)14-9-13(3)6-4-8-19-13/h4-9H2,1-3H3,(H,16,17)(H2,14,15,18). The van der Waals surface area contributed by atoms with Gasteiger partial charge in [0.1, 0.15) is 0 Å². The fourth-order valence-corrected chi connectivity index (χ4v) is 2.08. The van der Waals surface area contributed by atoms with Gasteiger partial charge in [0.05, 0.1) is 5.60 Å². The van der Waals surface area contributed by atoms with Crippen molar-refractivity contribution in [2.24, 2.45) is 0 Å². The van der Waals surface area contributed by atoms with Gasteiger partial charge < -0.3 is 20.5 Å². The number of carboxylic acids is 1. The lowest BCUT2D eigenvalue weighted by molar-refractivity contribution is -0.137. The summed E-state index contributed by atoms with van der Waals surface area (Å²) in [6.45, 7) is 6.81. The molecule has 1 atom stereocenters. The summed E-state index contributed by atoms with van der Waals surface area (Å²) in [5.74, 6) is -0.859. The van der Waals surface area contributed by atoms with Crippen molar-refractivity contribution in [3.63, 3.8) is 0 Å². The minimum absolute atomic E-state index is 0.0358. The Morgan fingerprint density at radius 1 is 1.42 bits per heavy atom. The molecule has 1 saturated heterocycles. The zero-order valence-electron chi connectivity index (χ0n) is 11.9. The highest BCUT2D eigenvalue weighted by atomic mass is 16.5. The summed E-state index contributed by atoms with van der Waals surface area (Å²) >= 11 is 0. The van der Waals surface area contributed by atoms with Crippen molar-refractivity contribution in [1.82, 2.24) is 10.6 Å². The Morgan fingerprint density at radius 2 is 2.11 bits per heavy atom. The van der Waals surface area contributed by atoms with E-state index in [1.807, 2.05) is 20.8 Å². The maximum absolute atomic E-state index is 11.8. The predicted octanol–water partition coefficient (Wildman–Crippen LogP) is 1.50. The normalized spacial score (nSPS) is 23.1. The second-order valence-corrected chi connectivity index (χ2v) is 5.99. The van der Waals surface area contributed by atoms with Gasteiger partial charge in [0, 0.05) is 25.1 Å². The van der Waals surface area contributed by atoms with Gasteiger partial charge in [0.25, 0.3) is 0 Å². The van der Waals surface area contributed by atoms with Crippen LogP contribution < -0.4 is 10.6 Å². The summed E-state index contributed by atoms with van der Waals surface area (Å²) in [4.78, 5) is 22.3. The first-order chi connectivity index (χ1) is 8.72. The van der Waals surface area contributed by atoms with Crippen molar-refractivity contribution in [2.45, 2.75) is 57.6 Å². The van der Waals surface area contributed by atoms with Gasteiger partial charge in [0.15, 0.2) is 0 Å². The first-order valence-electron chi connectivity index (χ1n) is 6.64. The third-order valence-electron chi connectivity index (χ3n) is 3.34. The predicted molar refractivity (Wildman–Crippen MR) is 71.1 cm³/mol. The molecule has 0 radical (unpaired) electrons. The number of aliphatic carboxylic acids is 1. The molecule has 1 fully saturated rings. The van der Waals surface area contributed by atoms with Gasteiger partial charge in [-0.25, -0.2) is 4.79 Å². The highest BCUT2D eigenvalue weighted by Crippen LogP contribution is 2.23. The van der Waals surface area contributed by atoms with Gasteiger partial charge in [-0.15, -0.1) is 0 Å². The third kappa shape index (κ3) is 5.92. The number of hydrogen-bond acceptors (Lipinski definition) is 3. The molecule has 0 saturated carbocycles. The van der Waals surface area contributed by atoms with Gasteiger partial charge in [-0.2, -0.15) is 0 Å². The molecular formula is C13H24N2O4. The van der Waals surface area contributed by atoms with Crippen molar-refractivity contribution in [3.05, 3.63) is 0 Å². The van der Waals surface area contributed by atoms with Crippen LogP contribution in [0.25, 0.3) is 0 Å². The Morgan fingerprint density at radius 3 is 2.63 bits per heavy atom. The molecule has 0 bridgehead atoms. The number of nitrogens with one attached hydrogen (secondary N) is 2. The van der Waals surface area contributed by atoms with Crippen LogP contribution in [-0.2, 0) is 9.53 Å². The van der Waals surface area contributed by atoms with E-state index < -0.39 is 11.5 Å². The van der Waals surface area contributed by atoms with Crippen LogP contribution in [0.4, 0.5) is 4.79 Å². The lowest BCUT2D eigenvalue weighted by Gasteiger charge is -2.28. The van der Waals surface area contributed by atoms with Crippen LogP contribution in [0.15, 0.2) is 0 Å². The molecular weight excluding hydrogens is 248 g/mol. The van der Waals surface area contributed by atoms with Gasteiger partial charge in [-0.3, -0.25) is 4.79 Å². The minimum Gasteiger partial charge on any atom is -0.481 e. The summed E-state index contributed by atoms with van der Waals surface area (Å²) < 4.78 is 5.58. The average Bonchev–Trinajstić information content (AvgIpc) is 2.71.